The van der Waals surface area contributed by atoms with E-state index in [1.165, 1.54) is 106 Å². The normalized spacial score (nSPS) is 14.9. The number of rotatable bonds is 7. The first-order valence-electron chi connectivity index (χ1n) is 25.2. The summed E-state index contributed by atoms with van der Waals surface area (Å²) in [7, 11) is 0. The van der Waals surface area contributed by atoms with E-state index in [4.69, 9.17) is 0 Å². The first-order chi connectivity index (χ1) is 34.5. The SMILES string of the molecule is CC1(C)c2ccccc2-c2ccc(N(c3ccc(-c4ccccc4)cc3)c3ccc(-c4cc5c6c(c4)C(C)(C)c4cc(-c7ccccc7)ccc4N6c4ccc(-c6ccccc6)cc4C5(C)C)cc3)cc21. The van der Waals surface area contributed by atoms with Crippen molar-refractivity contribution in [2.24, 2.45) is 0 Å². The van der Waals surface area contributed by atoms with Crippen molar-refractivity contribution in [2.75, 3.05) is 9.80 Å². The van der Waals surface area contributed by atoms with Gasteiger partial charge in [0.25, 0.3) is 0 Å². The van der Waals surface area contributed by atoms with E-state index in [1.807, 2.05) is 0 Å². The molecule has 3 aliphatic rings. The molecule has 0 fully saturated rings. The predicted octanol–water partition coefficient (Wildman–Crippen LogP) is 18.9. The van der Waals surface area contributed by atoms with Gasteiger partial charge in [-0.3, -0.25) is 0 Å². The first-order valence-corrected chi connectivity index (χ1v) is 25.2. The number of hydrogen-bond donors (Lipinski definition) is 0. The summed E-state index contributed by atoms with van der Waals surface area (Å²) in [5.41, 5.74) is 27.0. The smallest absolute Gasteiger partial charge is 0.0544 e. The molecule has 71 heavy (non-hydrogen) atoms. The Labute approximate surface area is 419 Å². The molecule has 0 N–H and O–H groups in total. The van der Waals surface area contributed by atoms with E-state index in [-0.39, 0.29) is 16.2 Å². The predicted molar refractivity (Wildman–Crippen MR) is 299 cm³/mol. The molecule has 2 aliphatic heterocycles. The lowest BCUT2D eigenvalue weighted by Crippen LogP contribution is -2.38. The van der Waals surface area contributed by atoms with Crippen molar-refractivity contribution in [2.45, 2.75) is 57.8 Å². The number of hydrogen-bond acceptors (Lipinski definition) is 2. The second kappa shape index (κ2) is 15.9. The fourth-order valence-corrected chi connectivity index (χ4v) is 12.3. The van der Waals surface area contributed by atoms with Crippen LogP contribution in [0.4, 0.5) is 34.1 Å². The van der Waals surface area contributed by atoms with Crippen molar-refractivity contribution in [1.82, 2.24) is 0 Å². The lowest BCUT2D eigenvalue weighted by atomic mass is 9.65. The topological polar surface area (TPSA) is 6.48 Å². The Morgan fingerprint density at radius 2 is 0.634 bits per heavy atom. The Morgan fingerprint density at radius 3 is 1.14 bits per heavy atom. The molecule has 0 atom stereocenters. The van der Waals surface area contributed by atoms with E-state index >= 15 is 0 Å². The summed E-state index contributed by atoms with van der Waals surface area (Å²) in [6.07, 6.45) is 0. The van der Waals surface area contributed by atoms with Crippen molar-refractivity contribution in [3.63, 3.8) is 0 Å². The molecule has 10 aromatic rings. The van der Waals surface area contributed by atoms with Crippen molar-refractivity contribution >= 4 is 34.1 Å². The van der Waals surface area contributed by atoms with Crippen molar-refractivity contribution in [1.29, 1.82) is 0 Å². The summed E-state index contributed by atoms with van der Waals surface area (Å²) >= 11 is 0. The van der Waals surface area contributed by atoms with E-state index in [0.717, 1.165) is 17.1 Å². The van der Waals surface area contributed by atoms with Gasteiger partial charge in [-0.25, -0.2) is 0 Å². The maximum atomic E-state index is 2.58. The molecule has 0 unspecified atom stereocenters. The van der Waals surface area contributed by atoms with Crippen LogP contribution in [0.25, 0.3) is 55.6 Å². The molecule has 2 nitrogen and oxygen atoms in total. The highest BCUT2D eigenvalue weighted by atomic mass is 15.2. The minimum absolute atomic E-state index is 0.119. The van der Waals surface area contributed by atoms with Crippen LogP contribution in [-0.4, -0.2) is 0 Å². The summed E-state index contributed by atoms with van der Waals surface area (Å²) in [6.45, 7) is 14.4. The van der Waals surface area contributed by atoms with Crippen LogP contribution in [0.5, 0.6) is 0 Å². The van der Waals surface area contributed by atoms with Crippen molar-refractivity contribution in [3.05, 3.63) is 264 Å². The molecule has 0 spiro atoms. The molecule has 0 aromatic heterocycles. The Morgan fingerprint density at radius 1 is 0.268 bits per heavy atom. The average molecular weight is 913 g/mol. The van der Waals surface area contributed by atoms with Gasteiger partial charge in [-0.1, -0.05) is 199 Å². The molecule has 1 aliphatic carbocycles. The Hall–Kier alpha value is -8.20. The maximum absolute atomic E-state index is 2.58. The minimum atomic E-state index is -0.294. The third-order valence-electron chi connectivity index (χ3n) is 16.2. The Balaban J connectivity index is 0.961. The van der Waals surface area contributed by atoms with Crippen LogP contribution < -0.4 is 9.80 Å². The Bertz CT molecular complexity index is 3570. The van der Waals surface area contributed by atoms with E-state index in [2.05, 4.69) is 282 Å². The molecule has 2 heterocycles. The second-order valence-electron chi connectivity index (χ2n) is 21.4. The zero-order chi connectivity index (χ0) is 48.2. The molecule has 0 bridgehead atoms. The van der Waals surface area contributed by atoms with Gasteiger partial charge in [0.15, 0.2) is 0 Å². The quantitative estimate of drug-likeness (QED) is 0.157. The van der Waals surface area contributed by atoms with Gasteiger partial charge in [0.05, 0.1) is 17.1 Å². The molecular weight excluding hydrogens is 857 g/mol. The molecular formula is C69H56N2. The molecule has 0 amide bonds. The Kier molecular flexibility index (Phi) is 9.61. The van der Waals surface area contributed by atoms with Gasteiger partial charge in [-0.05, 0) is 162 Å². The van der Waals surface area contributed by atoms with Gasteiger partial charge in [0.2, 0.25) is 0 Å². The van der Waals surface area contributed by atoms with Gasteiger partial charge in [0.1, 0.15) is 0 Å². The van der Waals surface area contributed by atoms with Crippen molar-refractivity contribution in [3.8, 4) is 55.6 Å². The largest absolute Gasteiger partial charge is 0.310 e. The zero-order valence-electron chi connectivity index (χ0n) is 41.3. The lowest BCUT2D eigenvalue weighted by Gasteiger charge is -2.50. The minimum Gasteiger partial charge on any atom is -0.310 e. The summed E-state index contributed by atoms with van der Waals surface area (Å²) < 4.78 is 0. The average Bonchev–Trinajstić information content (AvgIpc) is 3.64. The van der Waals surface area contributed by atoms with Gasteiger partial charge in [0, 0.05) is 33.3 Å². The monoisotopic (exact) mass is 912 g/mol. The van der Waals surface area contributed by atoms with Crippen LogP contribution in [0.1, 0.15) is 74.9 Å². The molecule has 2 heteroatoms. The van der Waals surface area contributed by atoms with Gasteiger partial charge in [-0.15, -0.1) is 0 Å². The molecule has 13 rings (SSSR count). The third-order valence-corrected chi connectivity index (χ3v) is 16.2. The maximum Gasteiger partial charge on any atom is 0.0544 e. The highest BCUT2D eigenvalue weighted by Gasteiger charge is 2.46. The van der Waals surface area contributed by atoms with E-state index in [0.29, 0.717) is 0 Å². The fourth-order valence-electron chi connectivity index (χ4n) is 12.3. The van der Waals surface area contributed by atoms with E-state index in [9.17, 15) is 0 Å². The number of nitrogens with zero attached hydrogens (tertiary/aromatic N) is 2. The standard InChI is InChI=1S/C69H56N2/c1-67(2)58-25-17-16-24-56(58)57-37-36-55(44-59(57)67)70(53-32-26-48(27-33-53)45-18-10-7-11-19-45)54-34-28-49(29-35-54)52-42-62-66-63(43-52)69(5,6)61-41-51(47-22-14-9-15-23-47)31-39-65(61)71(66)64-38-30-50(40-60(64)68(62,3)4)46-20-12-8-13-21-46/h7-44H,1-6H3. The third kappa shape index (κ3) is 6.69. The van der Waals surface area contributed by atoms with Crippen LogP contribution in [0.3, 0.4) is 0 Å². The van der Waals surface area contributed by atoms with Gasteiger partial charge in [-0.2, -0.15) is 0 Å². The summed E-state index contributed by atoms with van der Waals surface area (Å²) in [5, 5.41) is 0. The van der Waals surface area contributed by atoms with Crippen molar-refractivity contribution < 1.29 is 0 Å². The molecule has 0 radical (unpaired) electrons. The highest BCUT2D eigenvalue weighted by molar-refractivity contribution is 5.96. The van der Waals surface area contributed by atoms with Gasteiger partial charge >= 0.3 is 0 Å². The van der Waals surface area contributed by atoms with E-state index < -0.39 is 0 Å². The van der Waals surface area contributed by atoms with Crippen LogP contribution in [0.15, 0.2) is 231 Å². The summed E-state index contributed by atoms with van der Waals surface area (Å²) in [5.74, 6) is 0. The highest BCUT2D eigenvalue weighted by Crippen LogP contribution is 2.61. The fraction of sp³-hybridized carbons (Fsp3) is 0.130. The number of benzene rings is 10. The van der Waals surface area contributed by atoms with Gasteiger partial charge < -0.3 is 9.80 Å². The first kappa shape index (κ1) is 42.9. The van der Waals surface area contributed by atoms with Crippen LogP contribution in [-0.2, 0) is 16.2 Å². The van der Waals surface area contributed by atoms with E-state index in [1.54, 1.807) is 0 Å². The zero-order valence-corrected chi connectivity index (χ0v) is 41.3. The van der Waals surface area contributed by atoms with Crippen LogP contribution in [0, 0.1) is 0 Å². The summed E-state index contributed by atoms with van der Waals surface area (Å²) in [6, 6.07) is 85.9. The molecule has 342 valence electrons. The van der Waals surface area contributed by atoms with Crippen LogP contribution >= 0.6 is 0 Å². The summed E-state index contributed by atoms with van der Waals surface area (Å²) in [4.78, 5) is 5.01. The molecule has 0 saturated carbocycles. The second-order valence-corrected chi connectivity index (χ2v) is 21.4. The number of fused-ring (bicyclic) bond motifs is 7. The molecule has 0 saturated heterocycles. The molecule has 10 aromatic carbocycles. The lowest BCUT2D eigenvalue weighted by molar-refractivity contribution is 0.598. The number of anilines is 6. The van der Waals surface area contributed by atoms with Crippen LogP contribution in [0.2, 0.25) is 0 Å².